The Hall–Kier alpha value is -1.80. The Kier molecular flexibility index (Phi) is 6.23. The number of hydrogen-bond donors (Lipinski definition) is 1. The fourth-order valence-electron chi connectivity index (χ4n) is 2.87. The van der Waals surface area contributed by atoms with Crippen LogP contribution in [0.4, 0.5) is 5.69 Å². The van der Waals surface area contributed by atoms with Crippen LogP contribution in [-0.4, -0.2) is 7.05 Å². The van der Waals surface area contributed by atoms with Crippen LogP contribution in [-0.2, 0) is 5.41 Å². The average Bonchev–Trinajstić information content (AvgIpc) is 2.56. The molecule has 0 aliphatic carbocycles. The summed E-state index contributed by atoms with van der Waals surface area (Å²) in [5.74, 6) is 0. The van der Waals surface area contributed by atoms with Crippen LogP contribution in [0.15, 0.2) is 71.7 Å². The Balaban J connectivity index is 2.30. The molecule has 0 heterocycles. The molecule has 1 N–H and O–H groups in total. The second-order valence-electron chi connectivity index (χ2n) is 6.01. The molecule has 0 amide bonds. The molecule has 2 aromatic rings. The van der Waals surface area contributed by atoms with E-state index >= 15 is 0 Å². The zero-order valence-electron chi connectivity index (χ0n) is 13.9. The van der Waals surface area contributed by atoms with E-state index in [4.69, 9.17) is 0 Å². The molecule has 0 fully saturated rings. The average molecular weight is 370 g/mol. The Bertz CT molecular complexity index is 675. The van der Waals surface area contributed by atoms with E-state index in [9.17, 15) is 0 Å². The fourth-order valence-corrected chi connectivity index (χ4v) is 3.24. The second-order valence-corrected chi connectivity index (χ2v) is 6.93. The predicted molar refractivity (Wildman–Crippen MR) is 106 cm³/mol. The van der Waals surface area contributed by atoms with Gasteiger partial charge in [0.1, 0.15) is 0 Å². The summed E-state index contributed by atoms with van der Waals surface area (Å²) >= 11 is 3.60. The van der Waals surface area contributed by atoms with Crippen molar-refractivity contribution in [2.45, 2.75) is 25.2 Å². The molecule has 0 spiro atoms. The molecule has 0 bridgehead atoms. The lowest BCUT2D eigenvalue weighted by Crippen LogP contribution is -2.22. The van der Waals surface area contributed by atoms with Crippen molar-refractivity contribution in [3.63, 3.8) is 0 Å². The Labute approximate surface area is 148 Å². The van der Waals surface area contributed by atoms with E-state index in [1.165, 1.54) is 16.8 Å². The summed E-state index contributed by atoms with van der Waals surface area (Å²) in [6, 6.07) is 16.8. The summed E-state index contributed by atoms with van der Waals surface area (Å²) in [7, 11) is 1.97. The third-order valence-electron chi connectivity index (χ3n) is 4.17. The van der Waals surface area contributed by atoms with Gasteiger partial charge in [0.15, 0.2) is 0 Å². The van der Waals surface area contributed by atoms with Crippen LogP contribution < -0.4 is 5.32 Å². The molecular weight excluding hydrogens is 346 g/mol. The van der Waals surface area contributed by atoms with E-state index in [0.29, 0.717) is 0 Å². The first-order valence-electron chi connectivity index (χ1n) is 7.89. The lowest BCUT2D eigenvalue weighted by atomic mass is 9.75. The van der Waals surface area contributed by atoms with E-state index in [1.807, 2.05) is 19.2 Å². The van der Waals surface area contributed by atoms with E-state index in [1.54, 1.807) is 0 Å². The van der Waals surface area contributed by atoms with Gasteiger partial charge in [-0.05, 0) is 42.2 Å². The molecule has 0 aliphatic heterocycles. The molecule has 2 aromatic carbocycles. The van der Waals surface area contributed by atoms with Crippen LogP contribution in [0.25, 0.3) is 6.08 Å². The van der Waals surface area contributed by atoms with Gasteiger partial charge in [-0.25, -0.2) is 0 Å². The van der Waals surface area contributed by atoms with Crippen molar-refractivity contribution < 1.29 is 0 Å². The molecule has 0 saturated heterocycles. The van der Waals surface area contributed by atoms with Gasteiger partial charge < -0.3 is 5.32 Å². The first-order valence-corrected chi connectivity index (χ1v) is 8.68. The topological polar surface area (TPSA) is 12.0 Å². The minimum atomic E-state index is 0.00908. The monoisotopic (exact) mass is 369 g/mol. The van der Waals surface area contributed by atoms with Crippen molar-refractivity contribution in [1.82, 2.24) is 0 Å². The van der Waals surface area contributed by atoms with Gasteiger partial charge in [0.05, 0.1) is 0 Å². The Morgan fingerprint density at radius 2 is 1.87 bits per heavy atom. The SMILES string of the molecule is C=CCC(C)(C/C=C/c1ccccc1)c1cc(Br)ccc1NC. The Morgan fingerprint density at radius 3 is 2.52 bits per heavy atom. The number of nitrogens with one attached hydrogen (secondary N) is 1. The van der Waals surface area contributed by atoms with Gasteiger partial charge in [0, 0.05) is 22.6 Å². The first kappa shape index (κ1) is 17.6. The highest BCUT2D eigenvalue weighted by Gasteiger charge is 2.26. The van der Waals surface area contributed by atoms with Crippen molar-refractivity contribution in [3.8, 4) is 0 Å². The lowest BCUT2D eigenvalue weighted by Gasteiger charge is -2.30. The highest BCUT2D eigenvalue weighted by molar-refractivity contribution is 9.10. The highest BCUT2D eigenvalue weighted by Crippen LogP contribution is 2.38. The van der Waals surface area contributed by atoms with Crippen LogP contribution in [0.2, 0.25) is 0 Å². The predicted octanol–water partition coefficient (Wildman–Crippen LogP) is 6.43. The quantitative estimate of drug-likeness (QED) is 0.554. The largest absolute Gasteiger partial charge is 0.388 e. The van der Waals surface area contributed by atoms with Gasteiger partial charge in [0.2, 0.25) is 0 Å². The van der Waals surface area contributed by atoms with Crippen LogP contribution in [0.1, 0.15) is 30.9 Å². The summed E-state index contributed by atoms with van der Waals surface area (Å²) < 4.78 is 1.11. The van der Waals surface area contributed by atoms with Crippen LogP contribution in [0.3, 0.4) is 0 Å². The lowest BCUT2D eigenvalue weighted by molar-refractivity contribution is 0.487. The molecule has 1 unspecified atom stereocenters. The van der Waals surface area contributed by atoms with Crippen LogP contribution >= 0.6 is 15.9 Å². The summed E-state index contributed by atoms with van der Waals surface area (Å²) in [5.41, 5.74) is 3.73. The molecule has 0 aliphatic rings. The van der Waals surface area contributed by atoms with Gasteiger partial charge in [0.25, 0.3) is 0 Å². The third kappa shape index (κ3) is 4.59. The number of benzene rings is 2. The minimum Gasteiger partial charge on any atom is -0.388 e. The number of anilines is 1. The zero-order chi connectivity index (χ0) is 16.7. The molecule has 120 valence electrons. The van der Waals surface area contributed by atoms with Crippen LogP contribution in [0, 0.1) is 0 Å². The van der Waals surface area contributed by atoms with Gasteiger partial charge in [-0.1, -0.05) is 71.4 Å². The zero-order valence-corrected chi connectivity index (χ0v) is 15.4. The maximum absolute atomic E-state index is 3.96. The molecular formula is C21H24BrN. The minimum absolute atomic E-state index is 0.00908. The van der Waals surface area contributed by atoms with Gasteiger partial charge >= 0.3 is 0 Å². The molecule has 0 saturated carbocycles. The number of hydrogen-bond acceptors (Lipinski definition) is 1. The van der Waals surface area contributed by atoms with Crippen molar-refractivity contribution in [2.24, 2.45) is 0 Å². The number of halogens is 1. The maximum atomic E-state index is 3.96. The Morgan fingerprint density at radius 1 is 1.13 bits per heavy atom. The maximum Gasteiger partial charge on any atom is 0.0376 e. The molecule has 0 radical (unpaired) electrons. The molecule has 2 heteroatoms. The smallest absolute Gasteiger partial charge is 0.0376 e. The standard InChI is InChI=1S/C21H24BrN/c1-4-14-21(2,15-8-11-17-9-6-5-7-10-17)19-16-18(22)12-13-20(19)23-3/h4-13,16,23H,1,14-15H2,2-3H3/b11-8+. The van der Waals surface area contributed by atoms with E-state index in [-0.39, 0.29) is 5.41 Å². The third-order valence-corrected chi connectivity index (χ3v) is 4.67. The molecule has 23 heavy (non-hydrogen) atoms. The molecule has 0 aromatic heterocycles. The van der Waals surface area contributed by atoms with Crippen molar-refractivity contribution in [2.75, 3.05) is 12.4 Å². The van der Waals surface area contributed by atoms with E-state index in [0.717, 1.165) is 17.3 Å². The summed E-state index contributed by atoms with van der Waals surface area (Å²) in [5, 5.41) is 3.32. The normalized spacial score (nSPS) is 13.7. The second kappa shape index (κ2) is 8.16. The number of allylic oxidation sites excluding steroid dienone is 2. The van der Waals surface area contributed by atoms with Crippen molar-refractivity contribution in [3.05, 3.63) is 82.9 Å². The van der Waals surface area contributed by atoms with E-state index < -0.39 is 0 Å². The highest BCUT2D eigenvalue weighted by atomic mass is 79.9. The molecule has 2 rings (SSSR count). The summed E-state index contributed by atoms with van der Waals surface area (Å²) in [6.07, 6.45) is 8.35. The van der Waals surface area contributed by atoms with Gasteiger partial charge in [-0.2, -0.15) is 0 Å². The van der Waals surface area contributed by atoms with Gasteiger partial charge in [-0.15, -0.1) is 6.58 Å². The first-order chi connectivity index (χ1) is 11.1. The van der Waals surface area contributed by atoms with Crippen molar-refractivity contribution >= 4 is 27.7 Å². The fraction of sp³-hybridized carbons (Fsp3) is 0.238. The van der Waals surface area contributed by atoms with Gasteiger partial charge in [-0.3, -0.25) is 0 Å². The molecule has 1 atom stereocenters. The number of rotatable bonds is 7. The van der Waals surface area contributed by atoms with Crippen LogP contribution in [0.5, 0.6) is 0 Å². The van der Waals surface area contributed by atoms with E-state index in [2.05, 4.69) is 89.4 Å². The molecule has 1 nitrogen and oxygen atoms in total. The summed E-state index contributed by atoms with van der Waals surface area (Å²) in [4.78, 5) is 0. The summed E-state index contributed by atoms with van der Waals surface area (Å²) in [6.45, 7) is 6.26. The van der Waals surface area contributed by atoms with Crippen molar-refractivity contribution in [1.29, 1.82) is 0 Å².